The summed E-state index contributed by atoms with van der Waals surface area (Å²) in [5.74, 6) is -7.40. The molecule has 93 heavy (non-hydrogen) atoms. The standard InChI is InChI=1S/C62H90N13O14P.ClH.Co.H2O/c1-29-20-39-40(21-30(29)2)75(28-70-39)57-52(84)53(41(27-76)87-57)89-90(85,86)88-31(3)26-69-49(83)18-19-59(8)37(22-46(66)80)56-62(11)61(10,25-48(68)82)36(14-17-45(65)79)51(74-62)33(5)55-60(9,24-47(67)81)34(12-15-43(63)77)38(71-55)23-42-58(6,7)35(13-16-44(64)78)50(72-42)32(4)54(59)73-56;;;/h20-21,23,28,31,34-37,41,52-53,56-57,76,84H,12-19,22,24-27H2,1-11H3,(H15,63,64,65,66,67,68,69,71,72,73,74,77,78,79,80,81,82,83,85,86);1H;;1H2/q;;+3;/p-3/t31-,34-,35-,36-,37+,41-,52-,53-,56-,57+,59-,60+,61+,62+;;;/m1.../s1. The minimum Gasteiger partial charge on any atom is -0.870 e. The summed E-state index contributed by atoms with van der Waals surface area (Å²) >= 11 is 0. The number of halogens is 1. The molecule has 7 amide bonds. The van der Waals surface area contributed by atoms with Crippen molar-refractivity contribution in [2.75, 3.05) is 13.2 Å². The van der Waals surface area contributed by atoms with Crippen molar-refractivity contribution in [1.29, 1.82) is 0 Å². The van der Waals surface area contributed by atoms with Crippen molar-refractivity contribution in [3.8, 4) is 0 Å². The number of aromatic nitrogens is 2. The van der Waals surface area contributed by atoms with Crippen LogP contribution in [-0.4, -0.2) is 133 Å². The monoisotopic (exact) mass is 1380 g/mol. The minimum absolute atomic E-state index is 0. The topological polar surface area (TPSA) is 495 Å². The predicted octanol–water partition coefficient (Wildman–Crippen LogP) is 3.56. The molecule has 7 heterocycles. The van der Waals surface area contributed by atoms with Gasteiger partial charge in [-0.15, -0.1) is 12.4 Å². The summed E-state index contributed by atoms with van der Waals surface area (Å²) in [6.07, 6.45) is -4.79. The van der Waals surface area contributed by atoms with Crippen LogP contribution in [0.3, 0.4) is 0 Å². The average Bonchev–Trinajstić information content (AvgIpc) is 1.53. The molecule has 6 aliphatic heterocycles. The summed E-state index contributed by atoms with van der Waals surface area (Å²) in [7, 11) is -5.32. The Bertz CT molecular complexity index is 3550. The van der Waals surface area contributed by atoms with Gasteiger partial charge in [0.15, 0.2) is 6.23 Å². The van der Waals surface area contributed by atoms with E-state index in [4.69, 9.17) is 68.5 Å². The third-order valence-electron chi connectivity index (χ3n) is 20.5. The van der Waals surface area contributed by atoms with E-state index in [1.54, 1.807) is 6.92 Å². The number of nitrogens with zero attached hydrogens (tertiary/aromatic N) is 6. The van der Waals surface area contributed by atoms with E-state index in [9.17, 15) is 53.2 Å². The number of amides is 7. The van der Waals surface area contributed by atoms with Crippen LogP contribution >= 0.6 is 20.2 Å². The van der Waals surface area contributed by atoms with Gasteiger partial charge in [0.25, 0.3) is 7.82 Å². The number of nitrogens with two attached hydrogens (primary N) is 6. The van der Waals surface area contributed by atoms with Crippen LogP contribution in [0.25, 0.3) is 16.4 Å². The van der Waals surface area contributed by atoms with E-state index in [1.807, 2.05) is 80.5 Å². The van der Waals surface area contributed by atoms with Gasteiger partial charge < -0.3 is 84.0 Å². The fraction of sp³-hybridized carbons (Fsp3) is 0.629. The maximum atomic E-state index is 14.4. The van der Waals surface area contributed by atoms with Gasteiger partial charge in [-0.25, -0.2) is 4.98 Å². The maximum absolute atomic E-state index is 14.4. The van der Waals surface area contributed by atoms with E-state index in [-0.39, 0.29) is 112 Å². The van der Waals surface area contributed by atoms with Crippen molar-refractivity contribution in [1.82, 2.24) is 14.9 Å². The smallest absolute Gasteiger partial charge is 0.870 e. The number of nitrogens with one attached hydrogen (secondary N) is 1. The third kappa shape index (κ3) is 14.9. The second kappa shape index (κ2) is 29.0. The Kier molecular flexibility index (Phi) is 24.2. The van der Waals surface area contributed by atoms with Gasteiger partial charge in [-0.3, -0.25) is 53.1 Å². The number of aliphatic imine (C=N–C) groups is 3. The average molecular weight is 1380 g/mol. The second-order valence-electron chi connectivity index (χ2n) is 27.0. The maximum Gasteiger partial charge on any atom is 3.00 e. The predicted molar refractivity (Wildman–Crippen MR) is 341 cm³/mol. The molecule has 0 saturated carbocycles. The van der Waals surface area contributed by atoms with Gasteiger partial charge in [0.2, 0.25) is 41.4 Å². The molecule has 16 N–H and O–H groups in total. The SMILES string of the molecule is C/C1=C2/[N-][C@H]([C@H](CC(N)=O)[C@@]2(C)CCC(=O)NC[C@@H](C)OP(=O)([O-])O[C@H]2[C@@H](O)[C@@H](n3cnc4cc(C)c(C)cc43)O[C@@H]2CO)[C@]2(C)N=C(/C(C)=C3N=C(/C=C4N=C1[C@@H](CCC(N)=O)C\4(C)C)[C@@H](CCC(N)=O)[C@]\3(C)CC(N)=O)[C@@H](CCC(N)=O)[C@]2(C)CC(N)=O.Cl.[Co+3].[OH-]. The number of fused-ring (bicyclic) bond motifs is 7. The van der Waals surface area contributed by atoms with Gasteiger partial charge in [0, 0.05) is 108 Å². The largest absolute Gasteiger partial charge is 3.00 e. The molecule has 514 valence electrons. The first kappa shape index (κ1) is 77.5. The van der Waals surface area contributed by atoms with Crippen LogP contribution in [0.1, 0.15) is 150 Å². The van der Waals surface area contributed by atoms with Crippen LogP contribution in [0.15, 0.2) is 67.8 Å². The molecule has 0 aliphatic carbocycles. The van der Waals surface area contributed by atoms with Crippen molar-refractivity contribution < 1.29 is 89.3 Å². The number of aliphatic hydroxyl groups is 2. The van der Waals surface area contributed by atoms with Gasteiger partial charge in [0.1, 0.15) is 18.3 Å². The first-order valence-electron chi connectivity index (χ1n) is 30.5. The zero-order valence-electron chi connectivity index (χ0n) is 54.4. The molecule has 6 aliphatic rings. The number of aryl methyl sites for hydroxylation is 2. The quantitative estimate of drug-likeness (QED) is 0.0608. The summed E-state index contributed by atoms with van der Waals surface area (Å²) in [4.78, 5) is 128. The van der Waals surface area contributed by atoms with Crippen LogP contribution in [-0.2, 0) is 68.7 Å². The molecule has 8 rings (SSSR count). The van der Waals surface area contributed by atoms with Crippen molar-refractivity contribution in [3.05, 3.63) is 69.2 Å². The van der Waals surface area contributed by atoms with E-state index < -0.39 is 143 Å². The molecule has 28 nitrogen and oxygen atoms in total. The van der Waals surface area contributed by atoms with Crippen LogP contribution < -0.4 is 44.6 Å². The molecule has 1 unspecified atom stereocenters. The number of rotatable bonds is 26. The molecule has 15 atom stereocenters. The Morgan fingerprint density at radius 3 is 1.95 bits per heavy atom. The number of phosphoric ester groups is 1. The van der Waals surface area contributed by atoms with Crippen LogP contribution in [0.2, 0.25) is 0 Å². The number of phosphoric acid groups is 1. The number of benzene rings is 1. The fourth-order valence-electron chi connectivity index (χ4n) is 15.3. The zero-order chi connectivity index (χ0) is 66.7. The summed E-state index contributed by atoms with van der Waals surface area (Å²) in [5.41, 5.74) is 36.7. The van der Waals surface area contributed by atoms with Gasteiger partial charge in [-0.1, -0.05) is 40.7 Å². The Morgan fingerprint density at radius 1 is 0.796 bits per heavy atom. The number of allylic oxidation sites excluding steroid dienone is 6. The number of ether oxygens (including phenoxy) is 1. The molecular formula is C62H90ClCoN13O15P. The molecular weight excluding hydrogens is 1290 g/mol. The molecule has 0 radical (unpaired) electrons. The van der Waals surface area contributed by atoms with E-state index >= 15 is 0 Å². The Morgan fingerprint density at radius 2 is 1.38 bits per heavy atom. The third-order valence-corrected chi connectivity index (χ3v) is 21.6. The molecule has 2 saturated heterocycles. The summed E-state index contributed by atoms with van der Waals surface area (Å²) in [6.45, 7) is 19.0. The molecule has 31 heteroatoms. The van der Waals surface area contributed by atoms with Crippen molar-refractivity contribution >= 4 is 89.7 Å². The Hall–Kier alpha value is -6.24. The van der Waals surface area contributed by atoms with Crippen molar-refractivity contribution in [2.45, 2.75) is 189 Å². The van der Waals surface area contributed by atoms with E-state index in [0.29, 0.717) is 56.4 Å². The van der Waals surface area contributed by atoms with Gasteiger partial charge in [-0.2, -0.15) is 5.70 Å². The van der Waals surface area contributed by atoms with Crippen molar-refractivity contribution in [3.63, 3.8) is 0 Å². The van der Waals surface area contributed by atoms with Crippen LogP contribution in [0, 0.1) is 59.2 Å². The first-order chi connectivity index (χ1) is 41.8. The number of imidazole rings is 1. The van der Waals surface area contributed by atoms with Crippen LogP contribution in [0.5, 0.6) is 0 Å². The molecule has 2 aromatic rings. The van der Waals surface area contributed by atoms with E-state index in [2.05, 4.69) is 10.3 Å². The molecule has 1 aromatic carbocycles. The summed E-state index contributed by atoms with van der Waals surface area (Å²) in [5, 5.41) is 30.1. The van der Waals surface area contributed by atoms with Gasteiger partial charge >= 0.3 is 16.8 Å². The summed E-state index contributed by atoms with van der Waals surface area (Å²) < 4.78 is 31.9. The normalized spacial score (nSPS) is 33.1. The fourth-order valence-corrected chi connectivity index (χ4v) is 16.4. The molecule has 0 spiro atoms. The van der Waals surface area contributed by atoms with Crippen LogP contribution in [0.4, 0.5) is 0 Å². The number of carbonyl (C=O) groups is 7. The number of hydrogen-bond donors (Lipinski definition) is 9. The molecule has 2 fully saturated rings. The zero-order valence-corrected chi connectivity index (χ0v) is 57.1. The Balaban J connectivity index is 0.00000523. The number of primary amides is 6. The minimum atomic E-state index is -5.32. The number of carbonyl (C=O) groups excluding carboxylic acids is 7. The Labute approximate surface area is 557 Å². The van der Waals surface area contributed by atoms with Gasteiger partial charge in [0.05, 0.1) is 41.3 Å². The number of aliphatic hydroxyl groups excluding tert-OH is 2. The van der Waals surface area contributed by atoms with E-state index in [0.717, 1.165) is 11.1 Å². The molecule has 8 bridgehead atoms. The van der Waals surface area contributed by atoms with E-state index in [1.165, 1.54) is 17.8 Å². The van der Waals surface area contributed by atoms with Gasteiger partial charge in [-0.05, 0) is 119 Å². The first-order valence-corrected chi connectivity index (χ1v) is 32.0. The van der Waals surface area contributed by atoms with Crippen molar-refractivity contribution in [2.24, 2.45) is 94.7 Å². The second-order valence-corrected chi connectivity index (χ2v) is 28.3. The number of hydrogen-bond acceptors (Lipinski definition) is 19. The molecule has 1 aromatic heterocycles. The summed E-state index contributed by atoms with van der Waals surface area (Å²) in [6, 6.07) is 2.65.